The molecule has 18 heavy (non-hydrogen) atoms. The minimum absolute atomic E-state index is 0.199. The molecule has 0 amide bonds. The number of hydrogen-bond donors (Lipinski definition) is 0. The van der Waals surface area contributed by atoms with E-state index in [1.165, 1.54) is 5.56 Å². The molecule has 1 fully saturated rings. The van der Waals surface area contributed by atoms with Gasteiger partial charge in [-0.3, -0.25) is 4.67 Å². The fourth-order valence-corrected chi connectivity index (χ4v) is 4.70. The molecule has 1 aromatic rings. The molecular weight excluding hydrogens is 241 g/mol. The van der Waals surface area contributed by atoms with Crippen LogP contribution in [0.2, 0.25) is 0 Å². The van der Waals surface area contributed by atoms with Gasteiger partial charge >= 0.3 is 0 Å². The molecule has 3 heteroatoms. The van der Waals surface area contributed by atoms with Gasteiger partial charge in [0.1, 0.15) is 14.4 Å². The first kappa shape index (κ1) is 12.1. The van der Waals surface area contributed by atoms with E-state index >= 15 is 0 Å². The van der Waals surface area contributed by atoms with Gasteiger partial charge in [0.25, 0.3) is 0 Å². The SMILES string of the molecule is C[C@H]1[C@@H](c2ccccc2)OP(C2C=CC=C2)N1C. The maximum Gasteiger partial charge on any atom is 0.116 e. The van der Waals surface area contributed by atoms with Crippen molar-refractivity contribution in [3.8, 4) is 0 Å². The molecule has 3 rings (SSSR count). The maximum absolute atomic E-state index is 6.34. The molecule has 94 valence electrons. The van der Waals surface area contributed by atoms with Crippen LogP contribution in [0.25, 0.3) is 0 Å². The summed E-state index contributed by atoms with van der Waals surface area (Å²) in [6.45, 7) is 2.25. The lowest BCUT2D eigenvalue weighted by molar-refractivity contribution is 0.217. The van der Waals surface area contributed by atoms with Gasteiger partial charge in [0.05, 0.1) is 5.66 Å². The first-order valence-corrected chi connectivity index (χ1v) is 7.64. The molecule has 0 spiro atoms. The molecule has 1 unspecified atom stereocenters. The van der Waals surface area contributed by atoms with Gasteiger partial charge in [0.15, 0.2) is 0 Å². The van der Waals surface area contributed by atoms with E-state index in [2.05, 4.69) is 73.3 Å². The van der Waals surface area contributed by atoms with Crippen molar-refractivity contribution in [3.63, 3.8) is 0 Å². The number of allylic oxidation sites excluding steroid dienone is 4. The Morgan fingerprint density at radius 3 is 2.44 bits per heavy atom. The van der Waals surface area contributed by atoms with Crippen LogP contribution in [0.4, 0.5) is 0 Å². The zero-order valence-corrected chi connectivity index (χ0v) is 11.6. The van der Waals surface area contributed by atoms with Crippen LogP contribution in [0.1, 0.15) is 18.6 Å². The third-order valence-corrected chi connectivity index (χ3v) is 5.95. The molecule has 1 aliphatic heterocycles. The van der Waals surface area contributed by atoms with Gasteiger partial charge in [-0.15, -0.1) is 0 Å². The van der Waals surface area contributed by atoms with Gasteiger partial charge < -0.3 is 4.52 Å². The van der Waals surface area contributed by atoms with Crippen molar-refractivity contribution >= 4 is 8.30 Å². The molecule has 1 saturated heterocycles. The van der Waals surface area contributed by atoms with Crippen LogP contribution in [0.3, 0.4) is 0 Å². The van der Waals surface area contributed by atoms with Crippen LogP contribution in [-0.4, -0.2) is 23.4 Å². The van der Waals surface area contributed by atoms with Gasteiger partial charge in [-0.25, -0.2) is 0 Å². The van der Waals surface area contributed by atoms with E-state index in [0.717, 1.165) is 0 Å². The van der Waals surface area contributed by atoms with E-state index in [-0.39, 0.29) is 6.10 Å². The molecule has 1 heterocycles. The predicted octanol–water partition coefficient (Wildman–Crippen LogP) is 3.88. The van der Waals surface area contributed by atoms with E-state index in [1.54, 1.807) is 0 Å². The van der Waals surface area contributed by atoms with Crippen molar-refractivity contribution in [3.05, 3.63) is 60.2 Å². The Kier molecular flexibility index (Phi) is 3.34. The molecular formula is C15H18NOP. The fourth-order valence-electron chi connectivity index (χ4n) is 2.48. The third-order valence-electron chi connectivity index (χ3n) is 3.67. The highest BCUT2D eigenvalue weighted by Crippen LogP contribution is 2.59. The molecule has 0 bridgehead atoms. The summed E-state index contributed by atoms with van der Waals surface area (Å²) in [5.74, 6) is 0. The van der Waals surface area contributed by atoms with Crippen molar-refractivity contribution in [1.82, 2.24) is 4.67 Å². The number of rotatable bonds is 2. The highest BCUT2D eigenvalue weighted by Gasteiger charge is 2.41. The van der Waals surface area contributed by atoms with Crippen molar-refractivity contribution in [2.24, 2.45) is 0 Å². The lowest BCUT2D eigenvalue weighted by atomic mass is 10.0. The number of likely N-dealkylation sites (N-methyl/N-ethyl adjacent to an activating group) is 1. The zero-order valence-electron chi connectivity index (χ0n) is 10.7. The zero-order chi connectivity index (χ0) is 12.5. The standard InChI is InChI=1S/C15H18NOP/c1-12-15(13-8-4-3-5-9-13)17-18(16(12)2)14-10-6-7-11-14/h3-12,14-15H,1-2H3/t12-,15-,18?/m0/s1. The van der Waals surface area contributed by atoms with Crippen molar-refractivity contribution in [1.29, 1.82) is 0 Å². The quantitative estimate of drug-likeness (QED) is 0.747. The average molecular weight is 259 g/mol. The topological polar surface area (TPSA) is 12.5 Å². The summed E-state index contributed by atoms with van der Waals surface area (Å²) < 4.78 is 8.74. The molecule has 2 aliphatic rings. The summed E-state index contributed by atoms with van der Waals surface area (Å²) >= 11 is 0. The smallest absolute Gasteiger partial charge is 0.116 e. The molecule has 0 N–H and O–H groups in total. The number of nitrogens with zero attached hydrogens (tertiary/aromatic N) is 1. The Bertz CT molecular complexity index is 459. The lowest BCUT2D eigenvalue weighted by Gasteiger charge is -2.23. The van der Waals surface area contributed by atoms with Crippen LogP contribution in [-0.2, 0) is 4.52 Å². The number of hydrogen-bond acceptors (Lipinski definition) is 2. The third kappa shape index (κ3) is 2.05. The Hall–Kier alpha value is -0.950. The molecule has 3 atom stereocenters. The first-order valence-electron chi connectivity index (χ1n) is 6.36. The Labute approximate surface area is 110 Å². The van der Waals surface area contributed by atoms with Crippen molar-refractivity contribution < 1.29 is 4.52 Å². The summed E-state index contributed by atoms with van der Waals surface area (Å²) in [5.41, 5.74) is 1.73. The summed E-state index contributed by atoms with van der Waals surface area (Å²) in [5, 5.41) is 0. The molecule has 0 aromatic heterocycles. The van der Waals surface area contributed by atoms with Crippen LogP contribution < -0.4 is 0 Å². The second kappa shape index (κ2) is 4.97. The van der Waals surface area contributed by atoms with Crippen molar-refractivity contribution in [2.45, 2.75) is 24.7 Å². The second-order valence-corrected chi connectivity index (χ2v) is 6.86. The molecule has 2 nitrogen and oxygen atoms in total. The van der Waals surface area contributed by atoms with Gasteiger partial charge in [-0.05, 0) is 19.5 Å². The summed E-state index contributed by atoms with van der Waals surface area (Å²) in [6.07, 6.45) is 8.91. The van der Waals surface area contributed by atoms with Gasteiger partial charge in [-0.2, -0.15) is 0 Å². The van der Waals surface area contributed by atoms with E-state index in [0.29, 0.717) is 11.7 Å². The minimum Gasteiger partial charge on any atom is -0.333 e. The highest BCUT2D eigenvalue weighted by atomic mass is 31.2. The van der Waals surface area contributed by atoms with E-state index in [9.17, 15) is 0 Å². The van der Waals surface area contributed by atoms with Gasteiger partial charge in [0, 0.05) is 6.04 Å². The Balaban J connectivity index is 1.82. The molecule has 1 aliphatic carbocycles. The highest BCUT2D eigenvalue weighted by molar-refractivity contribution is 7.51. The minimum atomic E-state index is -0.550. The molecule has 1 aromatic carbocycles. The summed E-state index contributed by atoms with van der Waals surface area (Å²) in [6, 6.07) is 11.0. The van der Waals surface area contributed by atoms with Crippen LogP contribution in [0, 0.1) is 0 Å². The van der Waals surface area contributed by atoms with Crippen LogP contribution >= 0.6 is 8.30 Å². The number of benzene rings is 1. The molecule has 0 radical (unpaired) electrons. The first-order chi connectivity index (χ1) is 8.77. The monoisotopic (exact) mass is 259 g/mol. The van der Waals surface area contributed by atoms with Crippen molar-refractivity contribution in [2.75, 3.05) is 7.05 Å². The van der Waals surface area contributed by atoms with Gasteiger partial charge in [0.2, 0.25) is 0 Å². The Morgan fingerprint density at radius 2 is 1.78 bits per heavy atom. The van der Waals surface area contributed by atoms with E-state index in [1.807, 2.05) is 0 Å². The lowest BCUT2D eigenvalue weighted by Crippen LogP contribution is -2.23. The van der Waals surface area contributed by atoms with E-state index in [4.69, 9.17) is 4.52 Å². The molecule has 0 saturated carbocycles. The van der Waals surface area contributed by atoms with Gasteiger partial charge in [-0.1, -0.05) is 54.6 Å². The predicted molar refractivity (Wildman–Crippen MR) is 76.5 cm³/mol. The average Bonchev–Trinajstić information content (AvgIpc) is 3.01. The van der Waals surface area contributed by atoms with Crippen LogP contribution in [0.15, 0.2) is 54.6 Å². The summed E-state index contributed by atoms with van der Waals surface area (Å²) in [4.78, 5) is 0. The largest absolute Gasteiger partial charge is 0.333 e. The summed E-state index contributed by atoms with van der Waals surface area (Å²) in [7, 11) is 1.63. The Morgan fingerprint density at radius 1 is 1.11 bits per heavy atom. The fraction of sp³-hybridized carbons (Fsp3) is 0.333. The maximum atomic E-state index is 6.34. The normalized spacial score (nSPS) is 32.4. The van der Waals surface area contributed by atoms with Crippen LogP contribution in [0.5, 0.6) is 0 Å². The van der Waals surface area contributed by atoms with E-state index < -0.39 is 8.30 Å². The second-order valence-electron chi connectivity index (χ2n) is 4.81.